The van der Waals surface area contributed by atoms with Crippen LogP contribution >= 0.6 is 23.4 Å². The minimum absolute atomic E-state index is 0.00983. The highest BCUT2D eigenvalue weighted by Gasteiger charge is 2.48. The minimum atomic E-state index is -4.55. The van der Waals surface area contributed by atoms with Crippen LogP contribution in [0.3, 0.4) is 0 Å². The summed E-state index contributed by atoms with van der Waals surface area (Å²) in [5.41, 5.74) is 2.90. The Labute approximate surface area is 248 Å². The molecule has 224 valence electrons. The van der Waals surface area contributed by atoms with Gasteiger partial charge in [0.05, 0.1) is 5.56 Å². The number of halogens is 5. The van der Waals surface area contributed by atoms with Gasteiger partial charge < -0.3 is 15.5 Å². The fourth-order valence-electron chi connectivity index (χ4n) is 5.27. The number of hydrogen-bond acceptors (Lipinski definition) is 6. The van der Waals surface area contributed by atoms with Crippen molar-refractivity contribution in [3.8, 4) is 0 Å². The highest BCUT2D eigenvalue weighted by molar-refractivity contribution is 6.22. The summed E-state index contributed by atoms with van der Waals surface area (Å²) in [5, 5.41) is 5.32. The topological polar surface area (TPSA) is 88.5 Å². The normalized spacial score (nSPS) is 24.0. The number of carbonyl (C=O) groups excluding carboxylic acids is 2. The first-order valence-electron chi connectivity index (χ1n) is 13.6. The van der Waals surface area contributed by atoms with Gasteiger partial charge in [-0.1, -0.05) is 36.4 Å². The van der Waals surface area contributed by atoms with Crippen molar-refractivity contribution >= 4 is 40.9 Å². The van der Waals surface area contributed by atoms with E-state index in [1.165, 1.54) is 12.1 Å². The molecule has 2 heterocycles. The lowest BCUT2D eigenvalue weighted by atomic mass is 10.0. The van der Waals surface area contributed by atoms with Gasteiger partial charge in [0.25, 0.3) is 0 Å². The van der Waals surface area contributed by atoms with Crippen molar-refractivity contribution in [3.05, 3.63) is 65.7 Å². The first-order valence-corrected chi connectivity index (χ1v) is 14.5. The summed E-state index contributed by atoms with van der Waals surface area (Å²) < 4.78 is 39.6. The zero-order valence-corrected chi connectivity index (χ0v) is 24.1. The molecule has 0 aromatic heterocycles. The third kappa shape index (κ3) is 8.79. The highest BCUT2D eigenvalue weighted by atomic mass is 35.5. The summed E-state index contributed by atoms with van der Waals surface area (Å²) in [4.78, 5) is 33.4. The lowest BCUT2D eigenvalue weighted by Gasteiger charge is -2.24. The molecule has 6 unspecified atom stereocenters. The maximum Gasteiger partial charge on any atom is 0.416 e. The van der Waals surface area contributed by atoms with E-state index in [9.17, 15) is 22.8 Å². The third-order valence-corrected chi connectivity index (χ3v) is 8.37. The number of nitrogens with one attached hydrogen (secondary N) is 4. The summed E-state index contributed by atoms with van der Waals surface area (Å²) in [6, 6.07) is 12.8. The van der Waals surface area contributed by atoms with E-state index >= 15 is 0 Å². The van der Waals surface area contributed by atoms with E-state index in [2.05, 4.69) is 37.7 Å². The lowest BCUT2D eigenvalue weighted by Crippen LogP contribution is -2.54. The van der Waals surface area contributed by atoms with E-state index in [1.807, 2.05) is 30.3 Å². The standard InChI is InChI=1S/C28H35Cl2F3N6O2/c1-18-25(29)39(18)22-12-14-38(17-22)15-13-24(36-37-30)27(41)35-23(11-10-19-6-3-2-4-7-19)26(40)34-21-9-5-8-20(16-21)28(31,32)33/h2-9,16,18,22-25,36-37H,10-15,17H2,1H3,(H,34,40)(H,35,41). The summed E-state index contributed by atoms with van der Waals surface area (Å²) in [6.07, 6.45) is -2.42. The number of rotatable bonds is 13. The number of aryl methyl sites for hydroxylation is 1. The summed E-state index contributed by atoms with van der Waals surface area (Å²) in [5.74, 6) is -1.07. The predicted molar refractivity (Wildman–Crippen MR) is 153 cm³/mol. The SMILES string of the molecule is CC1C(Cl)N1C1CCN(CCC(NNCl)C(=O)NC(CCc2ccccc2)C(=O)Nc2cccc(C(F)(F)F)c2)C1. The maximum absolute atomic E-state index is 13.3. The van der Waals surface area contributed by atoms with Gasteiger partial charge in [-0.2, -0.15) is 18.1 Å². The van der Waals surface area contributed by atoms with Gasteiger partial charge in [-0.05, 0) is 74.7 Å². The molecule has 6 atom stereocenters. The number of hydrazine groups is 1. The van der Waals surface area contributed by atoms with Crippen LogP contribution in [0.4, 0.5) is 18.9 Å². The van der Waals surface area contributed by atoms with Gasteiger partial charge in [-0.15, -0.1) is 11.6 Å². The Bertz CT molecular complexity index is 1170. The molecular weight excluding hydrogens is 580 g/mol. The Morgan fingerprint density at radius 2 is 1.78 bits per heavy atom. The molecule has 8 nitrogen and oxygen atoms in total. The number of likely N-dealkylation sites (tertiary alicyclic amines) is 1. The van der Waals surface area contributed by atoms with Crippen molar-refractivity contribution in [1.82, 2.24) is 25.5 Å². The van der Waals surface area contributed by atoms with Gasteiger partial charge in [0.1, 0.15) is 17.6 Å². The number of benzene rings is 2. The fourth-order valence-corrected chi connectivity index (χ4v) is 5.80. The van der Waals surface area contributed by atoms with Crippen molar-refractivity contribution in [2.75, 3.05) is 25.0 Å². The largest absolute Gasteiger partial charge is 0.416 e. The number of alkyl halides is 4. The number of carbonyl (C=O) groups is 2. The second kappa shape index (κ2) is 14.2. The summed E-state index contributed by atoms with van der Waals surface area (Å²) in [7, 11) is 0. The van der Waals surface area contributed by atoms with E-state index in [1.54, 1.807) is 0 Å². The zero-order chi connectivity index (χ0) is 29.6. The van der Waals surface area contributed by atoms with Gasteiger partial charge in [-0.3, -0.25) is 14.5 Å². The molecule has 0 radical (unpaired) electrons. The molecule has 4 N–H and O–H groups in total. The van der Waals surface area contributed by atoms with Crippen LogP contribution in [0.15, 0.2) is 54.6 Å². The average molecular weight is 616 g/mol. The van der Waals surface area contributed by atoms with Crippen LogP contribution in [0.1, 0.15) is 37.3 Å². The smallest absolute Gasteiger partial charge is 0.343 e. The second-order valence-electron chi connectivity index (χ2n) is 10.5. The van der Waals surface area contributed by atoms with Gasteiger partial charge in [0, 0.05) is 30.9 Å². The van der Waals surface area contributed by atoms with E-state index in [4.69, 9.17) is 23.4 Å². The monoisotopic (exact) mass is 614 g/mol. The Kier molecular flexibility index (Phi) is 10.9. The molecule has 41 heavy (non-hydrogen) atoms. The molecule has 0 saturated carbocycles. The second-order valence-corrected chi connectivity index (χ2v) is 11.2. The van der Waals surface area contributed by atoms with E-state index in [-0.39, 0.29) is 17.6 Å². The quantitative estimate of drug-likeness (QED) is 0.0893. The van der Waals surface area contributed by atoms with Gasteiger partial charge in [0.2, 0.25) is 11.8 Å². The molecule has 2 aliphatic rings. The van der Waals surface area contributed by atoms with Crippen LogP contribution in [0, 0.1) is 0 Å². The van der Waals surface area contributed by atoms with Crippen LogP contribution < -0.4 is 21.0 Å². The first-order chi connectivity index (χ1) is 19.6. The Morgan fingerprint density at radius 1 is 1.05 bits per heavy atom. The highest BCUT2D eigenvalue weighted by Crippen LogP contribution is 2.37. The van der Waals surface area contributed by atoms with Crippen molar-refractivity contribution in [3.63, 3.8) is 0 Å². The molecule has 13 heteroatoms. The van der Waals surface area contributed by atoms with E-state index < -0.39 is 35.6 Å². The molecule has 0 spiro atoms. The van der Waals surface area contributed by atoms with Gasteiger partial charge >= 0.3 is 6.18 Å². The molecule has 0 bridgehead atoms. The van der Waals surface area contributed by atoms with Gasteiger partial charge in [-0.25, -0.2) is 5.43 Å². The number of anilines is 1. The van der Waals surface area contributed by atoms with Gasteiger partial charge in [0.15, 0.2) is 0 Å². The fraction of sp³-hybridized carbons (Fsp3) is 0.500. The molecule has 0 aliphatic carbocycles. The van der Waals surface area contributed by atoms with E-state index in [0.29, 0.717) is 31.5 Å². The number of amides is 2. The van der Waals surface area contributed by atoms with Crippen LogP contribution in [0.5, 0.6) is 0 Å². The molecule has 2 aromatic rings. The van der Waals surface area contributed by atoms with Crippen molar-refractivity contribution in [2.45, 2.75) is 68.5 Å². The Balaban J connectivity index is 1.39. The van der Waals surface area contributed by atoms with Crippen molar-refractivity contribution in [1.29, 1.82) is 0 Å². The molecular formula is C28H35Cl2F3N6O2. The molecule has 2 saturated heterocycles. The van der Waals surface area contributed by atoms with E-state index in [0.717, 1.165) is 37.2 Å². The predicted octanol–water partition coefficient (Wildman–Crippen LogP) is 4.11. The summed E-state index contributed by atoms with van der Waals surface area (Å²) >= 11 is 12.0. The number of nitrogens with zero attached hydrogens (tertiary/aromatic N) is 2. The Morgan fingerprint density at radius 3 is 2.44 bits per heavy atom. The summed E-state index contributed by atoms with van der Waals surface area (Å²) in [6.45, 7) is 4.48. The third-order valence-electron chi connectivity index (χ3n) is 7.67. The lowest BCUT2D eigenvalue weighted by molar-refractivity contribution is -0.137. The molecule has 4 rings (SSSR count). The Hall–Kier alpha value is -2.41. The first kappa shape index (κ1) is 31.5. The van der Waals surface area contributed by atoms with Crippen LogP contribution in [-0.4, -0.2) is 70.9 Å². The molecule has 2 amide bonds. The maximum atomic E-state index is 13.3. The molecule has 2 aliphatic heterocycles. The van der Waals surface area contributed by atoms with Crippen molar-refractivity contribution in [2.24, 2.45) is 0 Å². The average Bonchev–Trinajstić information content (AvgIpc) is 3.30. The van der Waals surface area contributed by atoms with Crippen LogP contribution in [0.2, 0.25) is 0 Å². The van der Waals surface area contributed by atoms with Crippen LogP contribution in [-0.2, 0) is 22.2 Å². The minimum Gasteiger partial charge on any atom is -0.343 e. The number of hydrogen-bond donors (Lipinski definition) is 4. The van der Waals surface area contributed by atoms with Crippen molar-refractivity contribution < 1.29 is 22.8 Å². The molecule has 2 fully saturated rings. The zero-order valence-electron chi connectivity index (χ0n) is 22.6. The molecule has 2 aromatic carbocycles. The van der Waals surface area contributed by atoms with Crippen LogP contribution in [0.25, 0.3) is 0 Å².